The zero-order valence-electron chi connectivity index (χ0n) is 10.0. The molecule has 2 aliphatic rings. The molecule has 0 saturated heterocycles. The Hall–Kier alpha value is -1.90. The molecule has 3 rings (SSSR count). The monoisotopic (exact) mass is 225 g/mol. The second kappa shape index (κ2) is 3.55. The maximum absolute atomic E-state index is 4.87. The van der Waals surface area contributed by atoms with Gasteiger partial charge in [0.25, 0.3) is 0 Å². The van der Waals surface area contributed by atoms with E-state index in [-0.39, 0.29) is 5.54 Å². The van der Waals surface area contributed by atoms with Gasteiger partial charge in [-0.05, 0) is 19.1 Å². The van der Waals surface area contributed by atoms with Crippen LogP contribution < -0.4 is 0 Å². The lowest BCUT2D eigenvalue weighted by molar-refractivity contribution is 0.368. The Labute approximate surface area is 101 Å². The standard InChI is InChI=1S/C14H15N3/c1-14-8-4-3-5-12(14)17(2)13(16-14)11-6-9-15-10-7-11/h3-10,12H,1-2H3/t12?,14-/m0/s1. The van der Waals surface area contributed by atoms with Crippen molar-refractivity contribution in [1.82, 2.24) is 9.88 Å². The minimum absolute atomic E-state index is 0.137. The maximum atomic E-state index is 4.87. The van der Waals surface area contributed by atoms with Gasteiger partial charge in [0.2, 0.25) is 0 Å². The Morgan fingerprint density at radius 3 is 2.71 bits per heavy atom. The van der Waals surface area contributed by atoms with E-state index in [4.69, 9.17) is 4.99 Å². The molecule has 2 heterocycles. The summed E-state index contributed by atoms with van der Waals surface area (Å²) in [6.45, 7) is 2.17. The van der Waals surface area contributed by atoms with Gasteiger partial charge in [-0.2, -0.15) is 0 Å². The van der Waals surface area contributed by atoms with Crippen LogP contribution in [0.4, 0.5) is 0 Å². The first-order valence-electron chi connectivity index (χ1n) is 5.80. The van der Waals surface area contributed by atoms with Crippen molar-refractivity contribution in [2.24, 2.45) is 4.99 Å². The number of hydrogen-bond donors (Lipinski definition) is 0. The third-order valence-electron chi connectivity index (χ3n) is 3.47. The fourth-order valence-electron chi connectivity index (χ4n) is 2.55. The van der Waals surface area contributed by atoms with Gasteiger partial charge >= 0.3 is 0 Å². The molecule has 86 valence electrons. The highest BCUT2D eigenvalue weighted by atomic mass is 15.3. The molecule has 1 aromatic heterocycles. The highest BCUT2D eigenvalue weighted by molar-refractivity contribution is 6.00. The van der Waals surface area contributed by atoms with Gasteiger partial charge in [-0.3, -0.25) is 9.98 Å². The number of amidine groups is 1. The SMILES string of the molecule is CN1C(c2ccncc2)=N[C@@]2(C)C=CC=CC12. The van der Waals surface area contributed by atoms with E-state index < -0.39 is 0 Å². The Morgan fingerprint density at radius 2 is 2.00 bits per heavy atom. The zero-order chi connectivity index (χ0) is 11.9. The summed E-state index contributed by atoms with van der Waals surface area (Å²) in [5, 5.41) is 0. The number of aromatic nitrogens is 1. The first-order valence-corrected chi connectivity index (χ1v) is 5.80. The second-order valence-electron chi connectivity index (χ2n) is 4.70. The zero-order valence-corrected chi connectivity index (χ0v) is 10.0. The van der Waals surface area contributed by atoms with Crippen LogP contribution in [0.3, 0.4) is 0 Å². The van der Waals surface area contributed by atoms with Crippen LogP contribution in [0.25, 0.3) is 0 Å². The fourth-order valence-corrected chi connectivity index (χ4v) is 2.55. The summed E-state index contributed by atoms with van der Waals surface area (Å²) in [7, 11) is 2.10. The Morgan fingerprint density at radius 1 is 1.24 bits per heavy atom. The quantitative estimate of drug-likeness (QED) is 0.731. The molecule has 0 N–H and O–H groups in total. The molecule has 3 nitrogen and oxygen atoms in total. The number of nitrogens with zero attached hydrogens (tertiary/aromatic N) is 3. The van der Waals surface area contributed by atoms with Gasteiger partial charge in [0.05, 0.1) is 6.04 Å². The number of hydrogen-bond acceptors (Lipinski definition) is 3. The minimum atomic E-state index is -0.137. The summed E-state index contributed by atoms with van der Waals surface area (Å²) < 4.78 is 0. The van der Waals surface area contributed by atoms with E-state index in [0.717, 1.165) is 11.4 Å². The van der Waals surface area contributed by atoms with E-state index in [1.165, 1.54) is 0 Å². The third-order valence-corrected chi connectivity index (χ3v) is 3.47. The van der Waals surface area contributed by atoms with Gasteiger partial charge in [-0.15, -0.1) is 0 Å². The summed E-state index contributed by atoms with van der Waals surface area (Å²) in [6, 6.07) is 4.32. The van der Waals surface area contributed by atoms with E-state index in [1.807, 2.05) is 24.5 Å². The predicted octanol–water partition coefficient (Wildman–Crippen LogP) is 2.03. The van der Waals surface area contributed by atoms with E-state index >= 15 is 0 Å². The number of likely N-dealkylation sites (N-methyl/N-ethyl adjacent to an activating group) is 1. The molecule has 1 aliphatic heterocycles. The third kappa shape index (κ3) is 1.50. The highest BCUT2D eigenvalue weighted by Crippen LogP contribution is 2.33. The molecule has 17 heavy (non-hydrogen) atoms. The summed E-state index contributed by atoms with van der Waals surface area (Å²) in [4.78, 5) is 11.1. The fraction of sp³-hybridized carbons (Fsp3) is 0.286. The summed E-state index contributed by atoms with van der Waals surface area (Å²) >= 11 is 0. The molecule has 0 amide bonds. The molecule has 1 aromatic rings. The van der Waals surface area contributed by atoms with E-state index in [0.29, 0.717) is 6.04 Å². The molecule has 0 radical (unpaired) electrons. The van der Waals surface area contributed by atoms with Crippen LogP contribution in [0.15, 0.2) is 53.8 Å². The topological polar surface area (TPSA) is 28.5 Å². The normalized spacial score (nSPS) is 30.4. The van der Waals surface area contributed by atoms with Crippen LogP contribution in [0.2, 0.25) is 0 Å². The van der Waals surface area contributed by atoms with Gasteiger partial charge in [0.15, 0.2) is 0 Å². The molecule has 0 fully saturated rings. The smallest absolute Gasteiger partial charge is 0.132 e. The molecular weight excluding hydrogens is 210 g/mol. The average Bonchev–Trinajstić information content (AvgIpc) is 2.63. The van der Waals surface area contributed by atoms with Crippen LogP contribution in [-0.4, -0.2) is 34.3 Å². The Kier molecular flexibility index (Phi) is 2.15. The number of fused-ring (bicyclic) bond motifs is 1. The highest BCUT2D eigenvalue weighted by Gasteiger charge is 2.41. The van der Waals surface area contributed by atoms with Crippen molar-refractivity contribution >= 4 is 5.84 Å². The maximum Gasteiger partial charge on any atom is 0.132 e. The van der Waals surface area contributed by atoms with E-state index in [1.54, 1.807) is 0 Å². The van der Waals surface area contributed by atoms with Gasteiger partial charge in [-0.1, -0.05) is 24.3 Å². The summed E-state index contributed by atoms with van der Waals surface area (Å²) in [6.07, 6.45) is 12.2. The van der Waals surface area contributed by atoms with Crippen LogP contribution >= 0.6 is 0 Å². The minimum Gasteiger partial charge on any atom is -0.350 e. The lowest BCUT2D eigenvalue weighted by Crippen LogP contribution is -2.41. The molecule has 0 saturated carbocycles. The first kappa shape index (κ1) is 10.3. The van der Waals surface area contributed by atoms with Crippen molar-refractivity contribution in [3.63, 3.8) is 0 Å². The van der Waals surface area contributed by atoms with Gasteiger partial charge in [0, 0.05) is 25.0 Å². The number of rotatable bonds is 1. The number of allylic oxidation sites excluding steroid dienone is 2. The van der Waals surface area contributed by atoms with Crippen molar-refractivity contribution in [3.8, 4) is 0 Å². The largest absolute Gasteiger partial charge is 0.350 e. The molecule has 1 aliphatic carbocycles. The summed E-state index contributed by atoms with van der Waals surface area (Å²) in [5.41, 5.74) is 0.988. The Bertz CT molecular complexity index is 516. The predicted molar refractivity (Wildman–Crippen MR) is 69.0 cm³/mol. The molecular formula is C14H15N3. The van der Waals surface area contributed by atoms with Crippen LogP contribution in [0.1, 0.15) is 12.5 Å². The van der Waals surface area contributed by atoms with Crippen LogP contribution in [0, 0.1) is 0 Å². The second-order valence-corrected chi connectivity index (χ2v) is 4.70. The first-order chi connectivity index (χ1) is 8.21. The van der Waals surface area contributed by atoms with Crippen molar-refractivity contribution in [2.75, 3.05) is 7.05 Å². The molecule has 1 unspecified atom stereocenters. The van der Waals surface area contributed by atoms with Gasteiger partial charge in [-0.25, -0.2) is 0 Å². The van der Waals surface area contributed by atoms with Crippen molar-refractivity contribution in [1.29, 1.82) is 0 Å². The lowest BCUT2D eigenvalue weighted by atomic mass is 9.89. The van der Waals surface area contributed by atoms with Crippen LogP contribution in [0.5, 0.6) is 0 Å². The van der Waals surface area contributed by atoms with Crippen LogP contribution in [-0.2, 0) is 0 Å². The van der Waals surface area contributed by atoms with E-state index in [9.17, 15) is 0 Å². The van der Waals surface area contributed by atoms with Crippen molar-refractivity contribution in [3.05, 3.63) is 54.4 Å². The van der Waals surface area contributed by atoms with Gasteiger partial charge < -0.3 is 4.90 Å². The molecule has 0 spiro atoms. The summed E-state index contributed by atoms with van der Waals surface area (Å²) in [5.74, 6) is 1.04. The van der Waals surface area contributed by atoms with Gasteiger partial charge in [0.1, 0.15) is 11.4 Å². The van der Waals surface area contributed by atoms with Crippen molar-refractivity contribution in [2.45, 2.75) is 18.5 Å². The number of pyridine rings is 1. The van der Waals surface area contributed by atoms with E-state index in [2.05, 4.69) is 48.2 Å². The number of aliphatic imine (C=N–C) groups is 1. The Balaban J connectivity index is 2.06. The lowest BCUT2D eigenvalue weighted by Gasteiger charge is -2.30. The average molecular weight is 225 g/mol. The van der Waals surface area contributed by atoms with Crippen molar-refractivity contribution < 1.29 is 0 Å². The molecule has 0 bridgehead atoms. The molecule has 2 atom stereocenters. The molecule has 3 heteroatoms. The molecule has 0 aromatic carbocycles.